The number of halogens is 2. The summed E-state index contributed by atoms with van der Waals surface area (Å²) in [7, 11) is -12.3. The predicted molar refractivity (Wildman–Crippen MR) is 376 cm³/mol. The van der Waals surface area contributed by atoms with E-state index in [-0.39, 0.29) is 68.7 Å². The molecule has 8 aromatic rings. The fourth-order valence-electron chi connectivity index (χ4n) is 8.66. The Balaban J connectivity index is 0.000000175. The lowest BCUT2D eigenvalue weighted by Crippen LogP contribution is -2.41. The normalized spacial score (nSPS) is 17.4. The quantitative estimate of drug-likeness (QED) is 0.0593. The topological polar surface area (TPSA) is 367 Å². The lowest BCUT2D eigenvalue weighted by Gasteiger charge is -2.32. The van der Waals surface area contributed by atoms with E-state index < -0.39 is 73.1 Å². The molecule has 0 unspecified atom stereocenters. The van der Waals surface area contributed by atoms with Crippen molar-refractivity contribution in [1.82, 2.24) is 34.9 Å². The Kier molecular flexibility index (Phi) is 23.3. The van der Waals surface area contributed by atoms with Gasteiger partial charge in [-0.05, 0) is 225 Å². The van der Waals surface area contributed by atoms with Gasteiger partial charge in [-0.25, -0.2) is 60.1 Å². The second-order valence-corrected chi connectivity index (χ2v) is 33.9. The van der Waals surface area contributed by atoms with Gasteiger partial charge in [-0.15, -0.1) is 0 Å². The molecule has 0 aliphatic carbocycles. The standard InChI is InChI=1S/C18H18N4O3S.C17H21BN2O4S.C12H24B2O4.C11H9BrN2O2S.C7H9ClN2O/c1-18(2,23)13-9-21-17(22-10-13)12-3-5-14(6-4-12)26(24,25)15-7-8-16(19)20-11-15;1-16(2)17(3,4)24-18(23-16)12-5-7-13(8-6-12)25(21,22)14-9-10-15(19)20-11-14;1-9(2)10(3,4)16-13(15-9)14-17-11(5,6)12(7,8)18-14;12-8-1-3-9(4-2-8)17(15,16)10-5-6-11(13)14-7-10;1-7(2,11)5-3-9-6(8)10-4-5/h3-11,23H,1-2H3,(H2,19,20);5-11H,1-4H3,(H2,19,20);1-8H3;1-7H,(H2,13,14);3-4,11H,1-2H3. The van der Waals surface area contributed by atoms with Crippen LogP contribution in [0.25, 0.3) is 11.4 Å². The van der Waals surface area contributed by atoms with Crippen molar-refractivity contribution >= 4 is 101 Å². The Bertz CT molecular complexity index is 4220. The van der Waals surface area contributed by atoms with Crippen molar-refractivity contribution in [2.24, 2.45) is 0 Å². The van der Waals surface area contributed by atoms with Crippen molar-refractivity contribution in [3.8, 4) is 11.4 Å². The van der Waals surface area contributed by atoms with Gasteiger partial charge >= 0.3 is 21.1 Å². The van der Waals surface area contributed by atoms with Gasteiger partial charge in [0.05, 0.1) is 74.2 Å². The number of nitrogens with two attached hydrogens (primary N) is 3. The maximum absolute atomic E-state index is 12.6. The van der Waals surface area contributed by atoms with Crippen LogP contribution in [0.1, 0.15) is 122 Å². The smallest absolute Gasteiger partial charge is 0.405 e. The first-order valence-corrected chi connectivity index (χ1v) is 35.9. The molecule has 0 bridgehead atoms. The highest BCUT2D eigenvalue weighted by atomic mass is 79.9. The number of hydrogen-bond donors (Lipinski definition) is 5. The summed E-state index contributed by atoms with van der Waals surface area (Å²) in [4.78, 5) is 28.2. The van der Waals surface area contributed by atoms with E-state index >= 15 is 0 Å². The maximum atomic E-state index is 12.6. The highest BCUT2D eigenvalue weighted by Gasteiger charge is 2.64. The Morgan fingerprint density at radius 2 is 0.660 bits per heavy atom. The van der Waals surface area contributed by atoms with Crippen LogP contribution in [0, 0.1) is 0 Å². The lowest BCUT2D eigenvalue weighted by molar-refractivity contribution is 0.00578. The predicted octanol–water partition coefficient (Wildman–Crippen LogP) is 9.84. The molecule has 0 saturated carbocycles. The zero-order valence-corrected chi connectivity index (χ0v) is 61.6. The van der Waals surface area contributed by atoms with Crippen molar-refractivity contribution in [1.29, 1.82) is 0 Å². The number of rotatable bonds is 11. The molecule has 3 aromatic carbocycles. The van der Waals surface area contributed by atoms with Gasteiger partial charge in [-0.2, -0.15) is 0 Å². The molecule has 8 N–H and O–H groups in total. The third-order valence-corrected chi connectivity index (χ3v) is 22.9. The molecule has 8 heterocycles. The van der Waals surface area contributed by atoms with Crippen LogP contribution >= 0.6 is 27.5 Å². The highest BCUT2D eigenvalue weighted by molar-refractivity contribution is 9.10. The Labute approximate surface area is 582 Å². The fraction of sp³-hybridized carbons (Fsp3) is 0.369. The Hall–Kier alpha value is -6.84. The number of nitrogens with zero attached hydrogens (tertiary/aromatic N) is 7. The van der Waals surface area contributed by atoms with Gasteiger partial charge in [0.1, 0.15) is 17.5 Å². The summed E-state index contributed by atoms with van der Waals surface area (Å²) >= 11 is 8.71. The number of sulfone groups is 3. The van der Waals surface area contributed by atoms with E-state index in [9.17, 15) is 35.5 Å². The van der Waals surface area contributed by atoms with E-state index in [0.717, 1.165) is 9.94 Å². The van der Waals surface area contributed by atoms with Gasteiger partial charge in [0, 0.05) is 64.5 Å². The molecule has 3 saturated heterocycles. The van der Waals surface area contributed by atoms with E-state index in [0.29, 0.717) is 28.3 Å². The molecule has 0 radical (unpaired) electrons. The molecule has 0 atom stereocenters. The van der Waals surface area contributed by atoms with Crippen molar-refractivity contribution in [2.45, 2.75) is 185 Å². The summed E-state index contributed by atoms with van der Waals surface area (Å²) in [5, 5.41) is 19.6. The van der Waals surface area contributed by atoms with Crippen molar-refractivity contribution in [2.75, 3.05) is 17.2 Å². The van der Waals surface area contributed by atoms with Crippen LogP contribution in [0.5, 0.6) is 0 Å². The average molecular weight is 1470 g/mol. The molecule has 0 spiro atoms. The van der Waals surface area contributed by atoms with Gasteiger partial charge in [-0.1, -0.05) is 28.1 Å². The molecule has 0 amide bonds. The van der Waals surface area contributed by atoms with Gasteiger partial charge in [0.2, 0.25) is 34.8 Å². The van der Waals surface area contributed by atoms with Crippen molar-refractivity contribution < 1.29 is 63.4 Å². The Morgan fingerprint density at radius 3 is 0.948 bits per heavy atom. The molecule has 3 aliphatic rings. The summed E-state index contributed by atoms with van der Waals surface area (Å²) in [5.41, 5.74) is 14.9. The number of anilines is 3. The number of benzene rings is 3. The second kappa shape index (κ2) is 29.2. The monoisotopic (exact) mass is 1470 g/mol. The van der Waals surface area contributed by atoms with E-state index in [1.807, 2.05) is 83.1 Å². The molecule has 516 valence electrons. The number of aliphatic hydroxyl groups is 2. The van der Waals surface area contributed by atoms with Gasteiger partial charge in [-0.3, -0.25) is 0 Å². The van der Waals surface area contributed by atoms with Crippen LogP contribution in [-0.2, 0) is 68.6 Å². The van der Waals surface area contributed by atoms with E-state index in [2.05, 4.69) is 50.8 Å². The van der Waals surface area contributed by atoms with Crippen LogP contribution in [-0.4, -0.2) is 125 Å². The molecule has 3 fully saturated rings. The highest BCUT2D eigenvalue weighted by Crippen LogP contribution is 2.43. The lowest BCUT2D eigenvalue weighted by atomic mass is 9.49. The van der Waals surface area contributed by atoms with Crippen LogP contribution in [0.2, 0.25) is 5.28 Å². The minimum absolute atomic E-state index is 0.0743. The van der Waals surface area contributed by atoms with Crippen molar-refractivity contribution in [3.05, 3.63) is 173 Å². The molecule has 5 aromatic heterocycles. The number of nitrogen functional groups attached to an aromatic ring is 3. The summed E-state index contributed by atoms with van der Waals surface area (Å²) in [6, 6.07) is 27.9. The molecular weight excluding hydrogens is 1390 g/mol. The van der Waals surface area contributed by atoms with Crippen LogP contribution in [0.15, 0.2) is 186 Å². The number of hydrogen-bond acceptors (Lipinski definition) is 24. The summed E-state index contributed by atoms with van der Waals surface area (Å²) in [6.07, 6.45) is 9.86. The second-order valence-electron chi connectivity index (χ2n) is 26.8. The zero-order chi connectivity index (χ0) is 72.3. The minimum Gasteiger partial charge on any atom is -0.405 e. The average Bonchev–Trinajstić information content (AvgIpc) is 1.64. The SMILES string of the molecule is CC(C)(O)c1cnc(-c2ccc(S(=O)(=O)c3ccc(N)nc3)cc2)nc1.CC(C)(O)c1cnc(Cl)nc1.CC1(C)OB(B2OC(C)(C)C(C)(C)O2)OC1(C)C.CC1(C)OB(c2ccc(S(=O)(=O)c3ccc(N)nc3)cc2)OC1(C)C.Nc1ccc(S(=O)(=O)c2ccc(Br)cc2)cn1. The third kappa shape index (κ3) is 18.7. The largest absolute Gasteiger partial charge is 0.494 e. The molecule has 97 heavy (non-hydrogen) atoms. The van der Waals surface area contributed by atoms with Crippen molar-refractivity contribution in [3.63, 3.8) is 0 Å². The van der Waals surface area contributed by atoms with Gasteiger partial charge in [0.25, 0.3) is 0 Å². The van der Waals surface area contributed by atoms with E-state index in [4.69, 9.17) is 56.7 Å². The minimum atomic E-state index is -3.67. The molecule has 3 aliphatic heterocycles. The van der Waals surface area contributed by atoms with Gasteiger partial charge < -0.3 is 55.3 Å². The van der Waals surface area contributed by atoms with E-state index in [1.54, 1.807) is 88.6 Å². The Morgan fingerprint density at radius 1 is 0.392 bits per heavy atom. The van der Waals surface area contributed by atoms with Gasteiger partial charge in [0.15, 0.2) is 5.82 Å². The summed E-state index contributed by atoms with van der Waals surface area (Å²) in [5.74, 6) is 1.26. The molecular formula is C65H81B3BrClN10O14S3. The van der Waals surface area contributed by atoms with Crippen LogP contribution in [0.3, 0.4) is 0 Å². The molecule has 24 nitrogen and oxygen atoms in total. The first kappa shape index (κ1) is 77.5. The zero-order valence-electron chi connectivity index (χ0n) is 56.8. The number of aromatic nitrogens is 7. The molecule has 32 heteroatoms. The third-order valence-electron chi connectivity index (χ3n) is 16.9. The van der Waals surface area contributed by atoms with Crippen LogP contribution in [0.4, 0.5) is 17.5 Å². The number of pyridine rings is 3. The first-order chi connectivity index (χ1) is 44.6. The summed E-state index contributed by atoms with van der Waals surface area (Å²) in [6.45, 7) is 30.7. The molecule has 11 rings (SSSR count). The van der Waals surface area contributed by atoms with E-state index in [1.165, 1.54) is 91.6 Å². The first-order valence-electron chi connectivity index (χ1n) is 30.3. The maximum Gasteiger partial charge on any atom is 0.494 e. The van der Waals surface area contributed by atoms with Crippen LogP contribution < -0.4 is 22.7 Å². The summed E-state index contributed by atoms with van der Waals surface area (Å²) < 4.78 is 111. The fourth-order valence-corrected chi connectivity index (χ4v) is 12.6.